The van der Waals surface area contributed by atoms with Gasteiger partial charge in [-0.15, -0.1) is 0 Å². The summed E-state index contributed by atoms with van der Waals surface area (Å²) in [6, 6.07) is 3.50. The van der Waals surface area contributed by atoms with Gasteiger partial charge in [0.05, 0.1) is 0 Å². The van der Waals surface area contributed by atoms with E-state index in [1.807, 2.05) is 25.8 Å². The second kappa shape index (κ2) is 8.57. The fourth-order valence-electron chi connectivity index (χ4n) is 3.23. The lowest BCUT2D eigenvalue weighted by Gasteiger charge is -2.25. The Labute approximate surface area is 170 Å². The van der Waals surface area contributed by atoms with Gasteiger partial charge in [-0.2, -0.15) is 4.98 Å². The first-order valence-corrected chi connectivity index (χ1v) is 9.92. The molecule has 0 amide bonds. The van der Waals surface area contributed by atoms with Crippen LogP contribution >= 0.6 is 15.9 Å². The second-order valence-corrected chi connectivity index (χ2v) is 7.84. The summed E-state index contributed by atoms with van der Waals surface area (Å²) in [6.07, 6.45) is 0.942. The number of nitrogens with zero attached hydrogens (tertiary/aromatic N) is 3. The fraction of sp³-hybridized carbons (Fsp3) is 0.474. The third-order valence-electron chi connectivity index (χ3n) is 4.79. The van der Waals surface area contributed by atoms with Gasteiger partial charge in [0.25, 0.3) is 5.56 Å². The molecule has 0 aliphatic carbocycles. The van der Waals surface area contributed by atoms with E-state index in [-0.39, 0.29) is 34.1 Å². The van der Waals surface area contributed by atoms with Gasteiger partial charge in [0.15, 0.2) is 0 Å². The van der Waals surface area contributed by atoms with Crippen molar-refractivity contribution in [2.75, 3.05) is 25.0 Å². The van der Waals surface area contributed by atoms with Crippen LogP contribution in [0.5, 0.6) is 5.88 Å². The van der Waals surface area contributed by atoms with Gasteiger partial charge in [-0.1, -0.05) is 0 Å². The van der Waals surface area contributed by atoms with Gasteiger partial charge in [-0.05, 0) is 55.4 Å². The Bertz CT molecular complexity index is 920. The van der Waals surface area contributed by atoms with E-state index in [0.29, 0.717) is 12.0 Å². The molecule has 2 heterocycles. The molecule has 0 radical (unpaired) electrons. The molecule has 1 aromatic heterocycles. The molecule has 9 heteroatoms. The average Bonchev–Trinajstić information content (AvgIpc) is 3.12. The number of ether oxygens (including phenoxy) is 1. The van der Waals surface area contributed by atoms with Crippen LogP contribution in [-0.2, 0) is 6.61 Å². The highest BCUT2D eigenvalue weighted by Crippen LogP contribution is 2.27. The summed E-state index contributed by atoms with van der Waals surface area (Å²) in [5, 5.41) is 3.24. The molecule has 1 saturated heterocycles. The van der Waals surface area contributed by atoms with Gasteiger partial charge >= 0.3 is 0 Å². The third kappa shape index (κ3) is 4.20. The summed E-state index contributed by atoms with van der Waals surface area (Å²) in [7, 11) is 1.91. The molecule has 1 atom stereocenters. The Kier molecular flexibility index (Phi) is 6.34. The quantitative estimate of drug-likeness (QED) is 0.722. The molecule has 1 N–H and O–H groups in total. The summed E-state index contributed by atoms with van der Waals surface area (Å²) < 4.78 is 34.4. The van der Waals surface area contributed by atoms with Crippen LogP contribution < -0.4 is 20.5 Å². The largest absolute Gasteiger partial charge is 0.472 e. The number of anilines is 1. The van der Waals surface area contributed by atoms with Gasteiger partial charge in [-0.3, -0.25) is 9.36 Å². The van der Waals surface area contributed by atoms with Crippen molar-refractivity contribution in [2.45, 2.75) is 39.0 Å². The molecule has 3 rings (SSSR count). The zero-order valence-electron chi connectivity index (χ0n) is 16.0. The standard InChI is InChI=1S/C19H23BrF2N4O2/c1-11(2)26-18(27)16(20)17(24-19(26)25-7-6-14(9-25)23-3)28-10-12-4-5-13(21)8-15(12)22/h4-5,8,11,14,23H,6-7,9-10H2,1-3H3/t14-/m1/s1. The van der Waals surface area contributed by atoms with Crippen molar-refractivity contribution in [3.8, 4) is 5.88 Å². The van der Waals surface area contributed by atoms with Crippen LogP contribution in [0, 0.1) is 11.6 Å². The summed E-state index contributed by atoms with van der Waals surface area (Å²) in [5.41, 5.74) is -0.0800. The molecule has 0 bridgehead atoms. The number of nitrogens with one attached hydrogen (secondary N) is 1. The maximum atomic E-state index is 13.9. The van der Waals surface area contributed by atoms with Gasteiger partial charge in [0, 0.05) is 36.8 Å². The van der Waals surface area contributed by atoms with Crippen molar-refractivity contribution in [1.29, 1.82) is 0 Å². The van der Waals surface area contributed by atoms with Crippen molar-refractivity contribution < 1.29 is 13.5 Å². The maximum absolute atomic E-state index is 13.9. The highest BCUT2D eigenvalue weighted by atomic mass is 79.9. The molecule has 1 fully saturated rings. The average molecular weight is 457 g/mol. The Morgan fingerprint density at radius 3 is 2.75 bits per heavy atom. The number of likely N-dealkylation sites (N-methyl/N-ethyl adjacent to an activating group) is 1. The van der Waals surface area contributed by atoms with E-state index in [1.165, 1.54) is 6.07 Å². The lowest BCUT2D eigenvalue weighted by molar-refractivity contribution is 0.283. The SMILES string of the molecule is CN[C@@H]1CCN(c2nc(OCc3ccc(F)cc3F)c(Br)c(=O)n2C(C)C)C1. The lowest BCUT2D eigenvalue weighted by atomic mass is 10.2. The Balaban J connectivity index is 1.94. The van der Waals surface area contributed by atoms with E-state index in [9.17, 15) is 13.6 Å². The van der Waals surface area contributed by atoms with Crippen LogP contribution in [0.1, 0.15) is 31.9 Å². The van der Waals surface area contributed by atoms with Crippen molar-refractivity contribution in [1.82, 2.24) is 14.9 Å². The van der Waals surface area contributed by atoms with Crippen molar-refractivity contribution >= 4 is 21.9 Å². The zero-order valence-corrected chi connectivity index (χ0v) is 17.6. The van der Waals surface area contributed by atoms with Crippen molar-refractivity contribution in [3.05, 3.63) is 50.2 Å². The fourth-order valence-corrected chi connectivity index (χ4v) is 3.62. The minimum Gasteiger partial charge on any atom is -0.472 e. The third-order valence-corrected chi connectivity index (χ3v) is 5.46. The van der Waals surface area contributed by atoms with E-state index >= 15 is 0 Å². The molecule has 28 heavy (non-hydrogen) atoms. The summed E-state index contributed by atoms with van der Waals surface area (Å²) >= 11 is 3.27. The smallest absolute Gasteiger partial charge is 0.273 e. The Hall–Kier alpha value is -2.00. The molecule has 6 nitrogen and oxygen atoms in total. The van der Waals surface area contributed by atoms with Gasteiger partial charge in [0.1, 0.15) is 22.7 Å². The lowest BCUT2D eigenvalue weighted by Crippen LogP contribution is -2.35. The van der Waals surface area contributed by atoms with Crippen LogP contribution in [0.25, 0.3) is 0 Å². The molecule has 1 aliphatic rings. The van der Waals surface area contributed by atoms with Gasteiger partial charge in [0.2, 0.25) is 11.8 Å². The van der Waals surface area contributed by atoms with E-state index in [2.05, 4.69) is 26.2 Å². The molecule has 2 aromatic rings. The monoisotopic (exact) mass is 456 g/mol. The first-order chi connectivity index (χ1) is 13.3. The van der Waals surface area contributed by atoms with Gasteiger partial charge in [-0.25, -0.2) is 8.78 Å². The molecule has 0 spiro atoms. The number of halogens is 3. The molecular formula is C19H23BrF2N4O2. The topological polar surface area (TPSA) is 59.4 Å². The maximum Gasteiger partial charge on any atom is 0.273 e. The summed E-state index contributed by atoms with van der Waals surface area (Å²) in [6.45, 7) is 5.15. The normalized spacial score (nSPS) is 16.8. The number of hydrogen-bond donors (Lipinski definition) is 1. The molecule has 0 saturated carbocycles. The van der Waals surface area contributed by atoms with Crippen LogP contribution in [0.2, 0.25) is 0 Å². The second-order valence-electron chi connectivity index (χ2n) is 7.04. The van der Waals surface area contributed by atoms with E-state index in [0.717, 1.165) is 31.6 Å². The predicted molar refractivity (Wildman–Crippen MR) is 107 cm³/mol. The highest BCUT2D eigenvalue weighted by Gasteiger charge is 2.28. The van der Waals surface area contributed by atoms with Crippen LogP contribution in [0.15, 0.2) is 27.5 Å². The van der Waals surface area contributed by atoms with Crippen LogP contribution in [-0.4, -0.2) is 35.7 Å². The Morgan fingerprint density at radius 2 is 2.14 bits per heavy atom. The number of rotatable bonds is 6. The number of hydrogen-bond acceptors (Lipinski definition) is 5. The van der Waals surface area contributed by atoms with E-state index in [1.54, 1.807) is 4.57 Å². The molecule has 1 aliphatic heterocycles. The van der Waals surface area contributed by atoms with Crippen LogP contribution in [0.4, 0.5) is 14.7 Å². The summed E-state index contributed by atoms with van der Waals surface area (Å²) in [4.78, 5) is 19.5. The Morgan fingerprint density at radius 1 is 1.39 bits per heavy atom. The highest BCUT2D eigenvalue weighted by molar-refractivity contribution is 9.10. The van der Waals surface area contributed by atoms with Crippen molar-refractivity contribution in [2.24, 2.45) is 0 Å². The minimum atomic E-state index is -0.705. The number of aromatic nitrogens is 2. The molecule has 152 valence electrons. The van der Waals surface area contributed by atoms with E-state index in [4.69, 9.17) is 4.74 Å². The van der Waals surface area contributed by atoms with Crippen LogP contribution in [0.3, 0.4) is 0 Å². The molecule has 0 unspecified atom stereocenters. The minimum absolute atomic E-state index is 0.0912. The molecule has 1 aromatic carbocycles. The van der Waals surface area contributed by atoms with Crippen molar-refractivity contribution in [3.63, 3.8) is 0 Å². The van der Waals surface area contributed by atoms with Gasteiger partial charge < -0.3 is 15.0 Å². The molecular weight excluding hydrogens is 434 g/mol. The summed E-state index contributed by atoms with van der Waals surface area (Å²) in [5.74, 6) is -0.747. The van der Waals surface area contributed by atoms with E-state index < -0.39 is 11.6 Å². The predicted octanol–water partition coefficient (Wildman–Crippen LogP) is 3.24. The number of benzene rings is 1. The first-order valence-electron chi connectivity index (χ1n) is 9.12. The zero-order chi connectivity index (χ0) is 20.4. The first kappa shape index (κ1) is 20.7.